The zero-order valence-electron chi connectivity index (χ0n) is 12.1. The first-order chi connectivity index (χ1) is 9.01. The minimum absolute atomic E-state index is 0.275. The van der Waals surface area contributed by atoms with E-state index in [2.05, 4.69) is 60.3 Å². The minimum Gasteiger partial charge on any atom is -0.271 e. The third-order valence-corrected chi connectivity index (χ3v) is 5.30. The summed E-state index contributed by atoms with van der Waals surface area (Å²) >= 11 is 3.56. The van der Waals surface area contributed by atoms with E-state index in [-0.39, 0.29) is 6.04 Å². The Kier molecular flexibility index (Phi) is 5.04. The molecule has 0 amide bonds. The van der Waals surface area contributed by atoms with Crippen LogP contribution in [0.2, 0.25) is 0 Å². The zero-order chi connectivity index (χ0) is 14.0. The molecule has 1 fully saturated rings. The van der Waals surface area contributed by atoms with E-state index in [4.69, 9.17) is 5.84 Å². The van der Waals surface area contributed by atoms with Gasteiger partial charge in [0.25, 0.3) is 0 Å². The quantitative estimate of drug-likeness (QED) is 0.641. The summed E-state index contributed by atoms with van der Waals surface area (Å²) < 4.78 is 1.16. The fourth-order valence-corrected chi connectivity index (χ4v) is 3.89. The van der Waals surface area contributed by atoms with Crippen LogP contribution in [-0.4, -0.2) is 0 Å². The van der Waals surface area contributed by atoms with Crippen molar-refractivity contribution in [2.24, 2.45) is 23.6 Å². The maximum atomic E-state index is 5.85. The van der Waals surface area contributed by atoms with Crippen LogP contribution in [0.25, 0.3) is 0 Å². The van der Waals surface area contributed by atoms with E-state index in [1.54, 1.807) is 0 Å². The molecule has 19 heavy (non-hydrogen) atoms. The Hall–Kier alpha value is -0.380. The molecule has 1 aromatic rings. The Balaban J connectivity index is 2.21. The van der Waals surface area contributed by atoms with Gasteiger partial charge in [0.1, 0.15) is 0 Å². The molecular formula is C16H25BrN2. The molecule has 0 bridgehead atoms. The number of aryl methyl sites for hydroxylation is 1. The second-order valence-corrected chi connectivity index (χ2v) is 7.18. The number of hydrogen-bond acceptors (Lipinski definition) is 2. The summed E-state index contributed by atoms with van der Waals surface area (Å²) in [7, 11) is 0. The number of nitrogens with one attached hydrogen (secondary N) is 1. The highest BCUT2D eigenvalue weighted by Crippen LogP contribution is 2.39. The number of rotatable bonds is 3. The van der Waals surface area contributed by atoms with Crippen molar-refractivity contribution in [1.82, 2.24) is 5.43 Å². The average molecular weight is 325 g/mol. The van der Waals surface area contributed by atoms with Crippen LogP contribution in [0.3, 0.4) is 0 Å². The predicted octanol–water partition coefficient (Wildman–Crippen LogP) is 4.33. The molecule has 3 unspecified atom stereocenters. The lowest BCUT2D eigenvalue weighted by Gasteiger charge is -2.36. The van der Waals surface area contributed by atoms with Gasteiger partial charge in [0.15, 0.2) is 0 Å². The van der Waals surface area contributed by atoms with Crippen LogP contribution in [0.1, 0.15) is 50.3 Å². The standard InChI is InChI=1S/C16H25BrN2/c1-10-6-11(2)8-14(7-10)16(19-18)13-4-5-15(17)12(3)9-13/h4-5,9-11,14,16,19H,6-8,18H2,1-3H3. The van der Waals surface area contributed by atoms with E-state index in [0.717, 1.165) is 16.3 Å². The first kappa shape index (κ1) is 15.0. The largest absolute Gasteiger partial charge is 0.271 e. The Labute approximate surface area is 125 Å². The second kappa shape index (κ2) is 6.38. The van der Waals surface area contributed by atoms with Crippen LogP contribution < -0.4 is 11.3 Å². The van der Waals surface area contributed by atoms with Gasteiger partial charge in [0.2, 0.25) is 0 Å². The number of hydrogen-bond donors (Lipinski definition) is 2. The summed E-state index contributed by atoms with van der Waals surface area (Å²) in [6, 6.07) is 6.84. The van der Waals surface area contributed by atoms with Crippen molar-refractivity contribution in [1.29, 1.82) is 0 Å². The van der Waals surface area contributed by atoms with E-state index < -0.39 is 0 Å². The molecule has 2 rings (SSSR count). The van der Waals surface area contributed by atoms with Gasteiger partial charge in [-0.2, -0.15) is 0 Å². The van der Waals surface area contributed by atoms with Crippen LogP contribution in [-0.2, 0) is 0 Å². The van der Waals surface area contributed by atoms with E-state index in [9.17, 15) is 0 Å². The minimum atomic E-state index is 0.275. The number of hydrazine groups is 1. The lowest BCUT2D eigenvalue weighted by molar-refractivity contribution is 0.177. The van der Waals surface area contributed by atoms with Crippen molar-refractivity contribution in [3.05, 3.63) is 33.8 Å². The van der Waals surface area contributed by atoms with Crippen molar-refractivity contribution in [2.75, 3.05) is 0 Å². The van der Waals surface area contributed by atoms with Crippen molar-refractivity contribution >= 4 is 15.9 Å². The van der Waals surface area contributed by atoms with Crippen molar-refractivity contribution in [3.63, 3.8) is 0 Å². The molecule has 2 nitrogen and oxygen atoms in total. The van der Waals surface area contributed by atoms with E-state index >= 15 is 0 Å². The number of nitrogens with two attached hydrogens (primary N) is 1. The molecule has 0 radical (unpaired) electrons. The molecule has 1 saturated carbocycles. The number of benzene rings is 1. The molecule has 0 heterocycles. The smallest absolute Gasteiger partial charge is 0.0488 e. The maximum Gasteiger partial charge on any atom is 0.0488 e. The van der Waals surface area contributed by atoms with Crippen LogP contribution in [0.15, 0.2) is 22.7 Å². The molecule has 3 heteroatoms. The molecule has 1 aliphatic rings. The highest BCUT2D eigenvalue weighted by atomic mass is 79.9. The Morgan fingerprint density at radius 3 is 2.37 bits per heavy atom. The molecule has 0 aliphatic heterocycles. The lowest BCUT2D eigenvalue weighted by Crippen LogP contribution is -2.37. The molecule has 0 spiro atoms. The van der Waals surface area contributed by atoms with Gasteiger partial charge in [-0.05, 0) is 61.1 Å². The van der Waals surface area contributed by atoms with Crippen LogP contribution >= 0.6 is 15.9 Å². The van der Waals surface area contributed by atoms with Crippen LogP contribution in [0.5, 0.6) is 0 Å². The monoisotopic (exact) mass is 324 g/mol. The SMILES string of the molecule is Cc1cc(C(NN)C2CC(C)CC(C)C2)ccc1Br. The van der Waals surface area contributed by atoms with E-state index in [0.29, 0.717) is 5.92 Å². The fraction of sp³-hybridized carbons (Fsp3) is 0.625. The Bertz CT molecular complexity index is 423. The van der Waals surface area contributed by atoms with Gasteiger partial charge in [0.05, 0.1) is 0 Å². The molecular weight excluding hydrogens is 300 g/mol. The summed E-state index contributed by atoms with van der Waals surface area (Å²) in [5.74, 6) is 8.11. The van der Waals surface area contributed by atoms with E-state index in [1.807, 2.05) is 0 Å². The Morgan fingerprint density at radius 2 is 1.84 bits per heavy atom. The fourth-order valence-electron chi connectivity index (χ4n) is 3.65. The predicted molar refractivity (Wildman–Crippen MR) is 84.6 cm³/mol. The van der Waals surface area contributed by atoms with Gasteiger partial charge in [0, 0.05) is 10.5 Å². The molecule has 3 N–H and O–H groups in total. The first-order valence-corrected chi connectivity index (χ1v) is 8.02. The molecule has 0 saturated heterocycles. The molecule has 1 aliphatic carbocycles. The lowest BCUT2D eigenvalue weighted by atomic mass is 9.72. The van der Waals surface area contributed by atoms with Crippen LogP contribution in [0, 0.1) is 24.7 Å². The number of halogens is 1. The highest BCUT2D eigenvalue weighted by Gasteiger charge is 2.30. The zero-order valence-corrected chi connectivity index (χ0v) is 13.7. The summed E-state index contributed by atoms with van der Waals surface area (Å²) in [6.45, 7) is 6.86. The maximum absolute atomic E-state index is 5.85. The second-order valence-electron chi connectivity index (χ2n) is 6.33. The molecule has 0 aromatic heterocycles. The summed E-state index contributed by atoms with van der Waals surface area (Å²) in [4.78, 5) is 0. The molecule has 3 atom stereocenters. The van der Waals surface area contributed by atoms with Gasteiger partial charge in [-0.15, -0.1) is 0 Å². The summed E-state index contributed by atoms with van der Waals surface area (Å²) in [6.07, 6.45) is 3.90. The Morgan fingerprint density at radius 1 is 1.21 bits per heavy atom. The van der Waals surface area contributed by atoms with Gasteiger partial charge in [-0.1, -0.05) is 41.9 Å². The van der Waals surface area contributed by atoms with E-state index in [1.165, 1.54) is 30.4 Å². The third-order valence-electron chi connectivity index (χ3n) is 4.41. The summed E-state index contributed by atoms with van der Waals surface area (Å²) in [5.41, 5.74) is 5.65. The van der Waals surface area contributed by atoms with Gasteiger partial charge >= 0.3 is 0 Å². The average Bonchev–Trinajstić information content (AvgIpc) is 2.33. The first-order valence-electron chi connectivity index (χ1n) is 7.23. The van der Waals surface area contributed by atoms with Crippen molar-refractivity contribution < 1.29 is 0 Å². The van der Waals surface area contributed by atoms with Crippen molar-refractivity contribution in [2.45, 2.75) is 46.1 Å². The topological polar surface area (TPSA) is 38.0 Å². The van der Waals surface area contributed by atoms with Gasteiger partial charge in [-0.25, -0.2) is 0 Å². The molecule has 106 valence electrons. The van der Waals surface area contributed by atoms with Gasteiger partial charge < -0.3 is 0 Å². The normalized spacial score (nSPS) is 29.2. The molecule has 1 aromatic carbocycles. The van der Waals surface area contributed by atoms with Gasteiger partial charge in [-0.3, -0.25) is 11.3 Å². The third kappa shape index (κ3) is 3.59. The van der Waals surface area contributed by atoms with Crippen LogP contribution in [0.4, 0.5) is 0 Å². The highest BCUT2D eigenvalue weighted by molar-refractivity contribution is 9.10. The summed E-state index contributed by atoms with van der Waals surface area (Å²) in [5, 5.41) is 0. The van der Waals surface area contributed by atoms with Crippen molar-refractivity contribution in [3.8, 4) is 0 Å².